The molecule has 1 amide bonds. The molecule has 0 aliphatic rings. The van der Waals surface area contributed by atoms with Gasteiger partial charge in [0.1, 0.15) is 11.9 Å². The van der Waals surface area contributed by atoms with Crippen LogP contribution in [0.3, 0.4) is 0 Å². The molecule has 0 saturated carbocycles. The molecule has 2 atom stereocenters. The number of carbonyl (C=O) groups excluding carboxylic acids is 1. The van der Waals surface area contributed by atoms with Gasteiger partial charge in [-0.25, -0.2) is 4.39 Å². The molecule has 0 bridgehead atoms. The summed E-state index contributed by atoms with van der Waals surface area (Å²) in [5.41, 5.74) is 2.86. The summed E-state index contributed by atoms with van der Waals surface area (Å²) in [6.07, 6.45) is 1.41. The molecular weight excluding hydrogens is 407 g/mol. The number of carbonyl (C=O) groups is 1. The van der Waals surface area contributed by atoms with Crippen LogP contribution >= 0.6 is 0 Å². The predicted octanol–water partition coefficient (Wildman–Crippen LogP) is 4.59. The molecule has 0 heterocycles. The van der Waals surface area contributed by atoms with Crippen molar-refractivity contribution in [3.63, 3.8) is 0 Å². The molecule has 5 nitrogen and oxygen atoms in total. The number of ether oxygens (including phenoxy) is 2. The molecule has 1 unspecified atom stereocenters. The van der Waals surface area contributed by atoms with Crippen LogP contribution in [0.25, 0.3) is 0 Å². The third-order valence-corrected chi connectivity index (χ3v) is 5.45. The summed E-state index contributed by atoms with van der Waals surface area (Å²) >= 11 is 0. The van der Waals surface area contributed by atoms with Crippen molar-refractivity contribution in [2.24, 2.45) is 0 Å². The number of benzene rings is 3. The third kappa shape index (κ3) is 5.86. The average Bonchev–Trinajstić information content (AvgIpc) is 2.85. The zero-order valence-electron chi connectivity index (χ0n) is 18.6. The first-order valence-corrected chi connectivity index (χ1v) is 10.5. The van der Waals surface area contributed by atoms with Crippen LogP contribution in [0, 0.1) is 5.82 Å². The summed E-state index contributed by atoms with van der Waals surface area (Å²) in [6, 6.07) is 21.2. The van der Waals surface area contributed by atoms with Crippen molar-refractivity contribution >= 4 is 5.91 Å². The maximum absolute atomic E-state index is 13.3. The van der Waals surface area contributed by atoms with E-state index in [-0.39, 0.29) is 17.8 Å². The average molecular weight is 437 g/mol. The number of methoxy groups -OCH3 is 2. The molecule has 0 aromatic heterocycles. The fourth-order valence-corrected chi connectivity index (χ4v) is 3.69. The highest BCUT2D eigenvalue weighted by atomic mass is 19.1. The van der Waals surface area contributed by atoms with Gasteiger partial charge >= 0.3 is 0 Å². The van der Waals surface area contributed by atoms with Crippen molar-refractivity contribution in [2.75, 3.05) is 21.3 Å². The van der Waals surface area contributed by atoms with Crippen molar-refractivity contribution in [1.29, 1.82) is 0 Å². The van der Waals surface area contributed by atoms with E-state index >= 15 is 0 Å². The minimum Gasteiger partial charge on any atom is -0.493 e. The van der Waals surface area contributed by atoms with Crippen molar-refractivity contribution in [3.8, 4) is 11.5 Å². The minimum atomic E-state index is -0.535. The molecule has 168 valence electrons. The van der Waals surface area contributed by atoms with Crippen LogP contribution in [0.5, 0.6) is 11.5 Å². The monoisotopic (exact) mass is 436 g/mol. The van der Waals surface area contributed by atoms with E-state index < -0.39 is 6.04 Å². The van der Waals surface area contributed by atoms with Crippen LogP contribution in [-0.4, -0.2) is 27.2 Å². The van der Waals surface area contributed by atoms with Crippen LogP contribution in [0.2, 0.25) is 0 Å². The van der Waals surface area contributed by atoms with Gasteiger partial charge in [0.25, 0.3) is 0 Å². The SMILES string of the molecule is CNC(=O)C(N[C@@H](CCc1ccc(F)cc1)c1ccc(OC)c(OC)c1)c1ccccc1. The Morgan fingerprint density at radius 2 is 1.59 bits per heavy atom. The molecule has 6 heteroatoms. The molecule has 0 aliphatic heterocycles. The van der Waals surface area contributed by atoms with Crippen molar-refractivity contribution < 1.29 is 18.7 Å². The van der Waals surface area contributed by atoms with Crippen LogP contribution in [0.4, 0.5) is 4.39 Å². The molecule has 2 N–H and O–H groups in total. The van der Waals surface area contributed by atoms with E-state index in [1.807, 2.05) is 48.5 Å². The third-order valence-electron chi connectivity index (χ3n) is 5.45. The number of amides is 1. The zero-order valence-corrected chi connectivity index (χ0v) is 18.6. The van der Waals surface area contributed by atoms with Gasteiger partial charge in [-0.2, -0.15) is 0 Å². The van der Waals surface area contributed by atoms with Gasteiger partial charge in [0.2, 0.25) is 5.91 Å². The lowest BCUT2D eigenvalue weighted by molar-refractivity contribution is -0.123. The van der Waals surface area contributed by atoms with Crippen LogP contribution in [-0.2, 0) is 11.2 Å². The van der Waals surface area contributed by atoms with Crippen molar-refractivity contribution in [1.82, 2.24) is 10.6 Å². The number of likely N-dealkylation sites (N-methyl/N-ethyl adjacent to an activating group) is 1. The first kappa shape index (κ1) is 23.3. The smallest absolute Gasteiger partial charge is 0.241 e. The summed E-state index contributed by atoms with van der Waals surface area (Å²) in [5, 5.41) is 6.28. The molecule has 3 aromatic carbocycles. The fourth-order valence-electron chi connectivity index (χ4n) is 3.69. The van der Waals surface area contributed by atoms with Gasteiger partial charge in [-0.05, 0) is 53.8 Å². The molecule has 0 spiro atoms. The molecule has 0 aliphatic carbocycles. The Kier molecular flexibility index (Phi) is 8.22. The summed E-state index contributed by atoms with van der Waals surface area (Å²) in [7, 11) is 4.82. The lowest BCUT2D eigenvalue weighted by atomic mass is 9.96. The molecule has 0 saturated heterocycles. The maximum Gasteiger partial charge on any atom is 0.241 e. The molecule has 3 aromatic rings. The molecule has 32 heavy (non-hydrogen) atoms. The number of aryl methyl sites for hydroxylation is 1. The van der Waals surface area contributed by atoms with E-state index in [0.29, 0.717) is 24.3 Å². The number of nitrogens with one attached hydrogen (secondary N) is 2. The highest BCUT2D eigenvalue weighted by Crippen LogP contribution is 2.32. The Labute approximate surface area is 188 Å². The van der Waals surface area contributed by atoms with Crippen LogP contribution in [0.15, 0.2) is 72.8 Å². The lowest BCUT2D eigenvalue weighted by Crippen LogP contribution is -2.38. The van der Waals surface area contributed by atoms with Gasteiger partial charge in [0, 0.05) is 13.1 Å². The summed E-state index contributed by atoms with van der Waals surface area (Å²) < 4.78 is 24.2. The van der Waals surface area contributed by atoms with Gasteiger partial charge in [0.15, 0.2) is 11.5 Å². The van der Waals surface area contributed by atoms with Crippen LogP contribution in [0.1, 0.15) is 35.2 Å². The van der Waals surface area contributed by atoms with Gasteiger partial charge in [0.05, 0.1) is 14.2 Å². The Morgan fingerprint density at radius 3 is 2.22 bits per heavy atom. The number of halogens is 1. The molecule has 0 radical (unpaired) electrons. The quantitative estimate of drug-likeness (QED) is 0.488. The lowest BCUT2D eigenvalue weighted by Gasteiger charge is -2.26. The minimum absolute atomic E-state index is 0.122. The van der Waals surface area contributed by atoms with Gasteiger partial charge in [-0.3, -0.25) is 10.1 Å². The standard InChI is InChI=1S/C26H29FN2O3/c1-28-26(30)25(19-7-5-4-6-8-19)29-22(15-11-18-9-13-21(27)14-10-18)20-12-16-23(31-2)24(17-20)32-3/h4-10,12-14,16-17,22,25,29H,11,15H2,1-3H3,(H,28,30)/t22-,25?/m0/s1. The highest BCUT2D eigenvalue weighted by molar-refractivity contribution is 5.83. The second-order valence-corrected chi connectivity index (χ2v) is 7.46. The summed E-state index contributed by atoms with van der Waals surface area (Å²) in [6.45, 7) is 0. The van der Waals surface area contributed by atoms with Crippen LogP contribution < -0.4 is 20.1 Å². The first-order valence-electron chi connectivity index (χ1n) is 10.5. The van der Waals surface area contributed by atoms with Crippen molar-refractivity contribution in [3.05, 3.63) is 95.3 Å². The molecule has 0 fully saturated rings. The first-order chi connectivity index (χ1) is 15.5. The maximum atomic E-state index is 13.3. The second kappa shape index (κ2) is 11.3. The van der Waals surface area contributed by atoms with E-state index in [1.54, 1.807) is 33.4 Å². The topological polar surface area (TPSA) is 59.6 Å². The largest absolute Gasteiger partial charge is 0.493 e. The zero-order chi connectivity index (χ0) is 22.9. The normalized spacial score (nSPS) is 12.6. The van der Waals surface area contributed by atoms with E-state index in [1.165, 1.54) is 12.1 Å². The Bertz CT molecular complexity index is 1010. The van der Waals surface area contributed by atoms with E-state index in [4.69, 9.17) is 9.47 Å². The molecule has 3 rings (SSSR count). The highest BCUT2D eigenvalue weighted by Gasteiger charge is 2.24. The Hall–Kier alpha value is -3.38. The van der Waals surface area contributed by atoms with Gasteiger partial charge in [-0.15, -0.1) is 0 Å². The van der Waals surface area contributed by atoms with Gasteiger partial charge < -0.3 is 14.8 Å². The van der Waals surface area contributed by atoms with E-state index in [9.17, 15) is 9.18 Å². The van der Waals surface area contributed by atoms with Gasteiger partial charge in [-0.1, -0.05) is 48.5 Å². The summed E-state index contributed by atoms with van der Waals surface area (Å²) in [4.78, 5) is 12.8. The predicted molar refractivity (Wildman–Crippen MR) is 123 cm³/mol. The second-order valence-electron chi connectivity index (χ2n) is 7.46. The number of rotatable bonds is 10. The molecular formula is C26H29FN2O3. The number of hydrogen-bond donors (Lipinski definition) is 2. The van der Waals surface area contributed by atoms with E-state index in [2.05, 4.69) is 10.6 Å². The summed E-state index contributed by atoms with van der Waals surface area (Å²) in [5.74, 6) is 0.879. The van der Waals surface area contributed by atoms with Crippen molar-refractivity contribution in [2.45, 2.75) is 24.9 Å². The fraction of sp³-hybridized carbons (Fsp3) is 0.269. The number of hydrogen-bond acceptors (Lipinski definition) is 4. The Morgan fingerprint density at radius 1 is 0.906 bits per heavy atom. The van der Waals surface area contributed by atoms with E-state index in [0.717, 1.165) is 16.7 Å². The Balaban J connectivity index is 1.93.